The average Bonchev–Trinajstić information content (AvgIpc) is 2.30. The number of hydrogen-bond donors (Lipinski definition) is 2. The van der Waals surface area contributed by atoms with Crippen LogP contribution in [0.25, 0.3) is 0 Å². The highest BCUT2D eigenvalue weighted by Gasteiger charge is 2.23. The van der Waals surface area contributed by atoms with Crippen molar-refractivity contribution < 1.29 is 14.7 Å². The van der Waals surface area contributed by atoms with Gasteiger partial charge in [-0.15, -0.1) is 10.2 Å². The van der Waals surface area contributed by atoms with E-state index in [1.807, 2.05) is 13.8 Å². The molecule has 1 heterocycles. The van der Waals surface area contributed by atoms with Gasteiger partial charge in [0.25, 0.3) is 5.91 Å². The molecule has 1 amide bonds. The first-order valence-electron chi connectivity index (χ1n) is 5.53. The summed E-state index contributed by atoms with van der Waals surface area (Å²) < 4.78 is 0. The largest absolute Gasteiger partial charge is 0.480 e. The minimum absolute atomic E-state index is 0.00308. The van der Waals surface area contributed by atoms with Gasteiger partial charge in [0, 0.05) is 0 Å². The zero-order valence-corrected chi connectivity index (χ0v) is 11.9. The SMILES string of the molecule is CC(C)C[C@@H](NC(=O)c1cc(Cl)nnc1Cl)C(=O)O. The quantitative estimate of drug-likeness (QED) is 0.868. The van der Waals surface area contributed by atoms with Crippen LogP contribution in [0.1, 0.15) is 30.6 Å². The highest BCUT2D eigenvalue weighted by atomic mass is 35.5. The van der Waals surface area contributed by atoms with Gasteiger partial charge >= 0.3 is 5.97 Å². The van der Waals surface area contributed by atoms with Gasteiger partial charge in [0.1, 0.15) is 6.04 Å². The van der Waals surface area contributed by atoms with E-state index in [9.17, 15) is 9.59 Å². The van der Waals surface area contributed by atoms with Gasteiger partial charge in [0.15, 0.2) is 10.3 Å². The van der Waals surface area contributed by atoms with Crippen molar-refractivity contribution in [3.05, 3.63) is 21.9 Å². The lowest BCUT2D eigenvalue weighted by molar-refractivity contribution is -0.139. The number of carbonyl (C=O) groups is 2. The monoisotopic (exact) mass is 305 g/mol. The molecule has 0 radical (unpaired) electrons. The topological polar surface area (TPSA) is 92.2 Å². The maximum atomic E-state index is 11.9. The molecule has 0 aromatic carbocycles. The van der Waals surface area contributed by atoms with Gasteiger partial charge in [-0.05, 0) is 18.4 Å². The number of hydrogen-bond acceptors (Lipinski definition) is 4. The second-order valence-electron chi connectivity index (χ2n) is 4.37. The molecule has 8 heteroatoms. The number of halogens is 2. The third-order valence-corrected chi connectivity index (χ3v) is 2.74. The van der Waals surface area contributed by atoms with Gasteiger partial charge in [0.2, 0.25) is 0 Å². The maximum absolute atomic E-state index is 11.9. The van der Waals surface area contributed by atoms with Crippen molar-refractivity contribution in [3.63, 3.8) is 0 Å². The summed E-state index contributed by atoms with van der Waals surface area (Å²) in [5.74, 6) is -1.63. The van der Waals surface area contributed by atoms with Crippen LogP contribution < -0.4 is 5.32 Å². The number of carboxylic acids is 1. The minimum atomic E-state index is -1.11. The van der Waals surface area contributed by atoms with Gasteiger partial charge in [-0.25, -0.2) is 4.79 Å². The standard InChI is InChI=1S/C11H13Cl2N3O3/c1-5(2)3-7(11(18)19)14-10(17)6-4-8(12)15-16-9(6)13/h4-5,7H,3H2,1-2H3,(H,14,17)(H,18,19)/t7-/m1/s1. The Labute approximate surface area is 120 Å². The van der Waals surface area contributed by atoms with Crippen LogP contribution in [0.2, 0.25) is 10.3 Å². The molecule has 0 aliphatic carbocycles. The molecule has 1 rings (SSSR count). The van der Waals surface area contributed by atoms with Gasteiger partial charge in [-0.3, -0.25) is 4.79 Å². The summed E-state index contributed by atoms with van der Waals surface area (Å²) >= 11 is 11.3. The summed E-state index contributed by atoms with van der Waals surface area (Å²) in [6, 6.07) is 0.246. The van der Waals surface area contributed by atoms with Crippen LogP contribution in [0, 0.1) is 5.92 Å². The van der Waals surface area contributed by atoms with Crippen LogP contribution in [-0.4, -0.2) is 33.2 Å². The molecule has 19 heavy (non-hydrogen) atoms. The fraction of sp³-hybridized carbons (Fsp3) is 0.455. The van der Waals surface area contributed by atoms with E-state index in [4.69, 9.17) is 28.3 Å². The Hall–Kier alpha value is -1.40. The molecule has 1 aromatic rings. The van der Waals surface area contributed by atoms with E-state index in [1.54, 1.807) is 0 Å². The molecular weight excluding hydrogens is 293 g/mol. The van der Waals surface area contributed by atoms with Crippen LogP contribution in [0.15, 0.2) is 6.07 Å². The van der Waals surface area contributed by atoms with Crippen LogP contribution in [-0.2, 0) is 4.79 Å². The predicted octanol–water partition coefficient (Wildman–Crippen LogP) is 2.01. The first-order valence-corrected chi connectivity index (χ1v) is 6.29. The lowest BCUT2D eigenvalue weighted by atomic mass is 10.0. The molecule has 0 aliphatic rings. The molecule has 1 atom stereocenters. The number of aromatic nitrogens is 2. The number of nitrogens with one attached hydrogen (secondary N) is 1. The number of nitrogens with zero attached hydrogens (tertiary/aromatic N) is 2. The number of rotatable bonds is 5. The third-order valence-electron chi connectivity index (χ3n) is 2.27. The Morgan fingerprint density at radius 2 is 2.00 bits per heavy atom. The molecule has 0 unspecified atom stereocenters. The highest BCUT2D eigenvalue weighted by Crippen LogP contribution is 2.16. The summed E-state index contributed by atoms with van der Waals surface area (Å²) in [5, 5.41) is 18.3. The second kappa shape index (κ2) is 6.68. The summed E-state index contributed by atoms with van der Waals surface area (Å²) in [5.41, 5.74) is -0.00308. The van der Waals surface area contributed by atoms with Crippen molar-refractivity contribution >= 4 is 35.1 Å². The van der Waals surface area contributed by atoms with Crippen molar-refractivity contribution in [1.29, 1.82) is 0 Å². The van der Waals surface area contributed by atoms with Gasteiger partial charge < -0.3 is 10.4 Å². The molecule has 104 valence electrons. The van der Waals surface area contributed by atoms with Crippen LogP contribution in [0.5, 0.6) is 0 Å². The van der Waals surface area contributed by atoms with Gasteiger partial charge in [0.05, 0.1) is 5.56 Å². The molecular formula is C11H13Cl2N3O3. The number of amides is 1. The third kappa shape index (κ3) is 4.65. The Morgan fingerprint density at radius 1 is 1.37 bits per heavy atom. The molecule has 0 saturated carbocycles. The van der Waals surface area contributed by atoms with E-state index in [1.165, 1.54) is 6.07 Å². The molecule has 0 bridgehead atoms. The highest BCUT2D eigenvalue weighted by molar-refractivity contribution is 6.34. The number of carboxylic acid groups (broad SMARTS) is 1. The summed E-state index contributed by atoms with van der Waals surface area (Å²) in [6.45, 7) is 3.72. The zero-order valence-electron chi connectivity index (χ0n) is 10.4. The lowest BCUT2D eigenvalue weighted by Crippen LogP contribution is -2.41. The minimum Gasteiger partial charge on any atom is -0.480 e. The first kappa shape index (κ1) is 15.7. The van der Waals surface area contributed by atoms with Crippen molar-refractivity contribution in [3.8, 4) is 0 Å². The Balaban J connectivity index is 2.87. The summed E-state index contributed by atoms with van der Waals surface area (Å²) in [4.78, 5) is 23.0. The molecule has 0 aliphatic heterocycles. The van der Waals surface area contributed by atoms with E-state index in [2.05, 4.69) is 15.5 Å². The lowest BCUT2D eigenvalue weighted by Gasteiger charge is -2.16. The Morgan fingerprint density at radius 3 is 2.53 bits per heavy atom. The molecule has 1 aromatic heterocycles. The molecule has 6 nitrogen and oxygen atoms in total. The molecule has 2 N–H and O–H groups in total. The Kier molecular flexibility index (Phi) is 5.50. The van der Waals surface area contributed by atoms with Crippen LogP contribution in [0.4, 0.5) is 0 Å². The fourth-order valence-corrected chi connectivity index (χ4v) is 1.77. The maximum Gasteiger partial charge on any atom is 0.326 e. The average molecular weight is 306 g/mol. The number of carbonyl (C=O) groups excluding carboxylic acids is 1. The van der Waals surface area contributed by atoms with Crippen LogP contribution >= 0.6 is 23.2 Å². The summed E-state index contributed by atoms with van der Waals surface area (Å²) in [7, 11) is 0. The second-order valence-corrected chi connectivity index (χ2v) is 5.11. The normalized spacial score (nSPS) is 12.3. The van der Waals surface area contributed by atoms with Crippen molar-refractivity contribution in [2.45, 2.75) is 26.3 Å². The van der Waals surface area contributed by atoms with Gasteiger partial charge in [-0.1, -0.05) is 37.0 Å². The van der Waals surface area contributed by atoms with E-state index in [-0.39, 0.29) is 21.8 Å². The molecule has 0 spiro atoms. The summed E-state index contributed by atoms with van der Waals surface area (Å²) in [6.07, 6.45) is 0.310. The van der Waals surface area contributed by atoms with E-state index >= 15 is 0 Å². The van der Waals surface area contributed by atoms with Crippen molar-refractivity contribution in [2.24, 2.45) is 5.92 Å². The van der Waals surface area contributed by atoms with E-state index in [0.29, 0.717) is 6.42 Å². The Bertz CT molecular complexity index is 494. The van der Waals surface area contributed by atoms with Crippen LogP contribution in [0.3, 0.4) is 0 Å². The first-order chi connectivity index (χ1) is 8.81. The van der Waals surface area contributed by atoms with E-state index in [0.717, 1.165) is 0 Å². The molecule has 0 saturated heterocycles. The van der Waals surface area contributed by atoms with Crippen molar-refractivity contribution in [1.82, 2.24) is 15.5 Å². The van der Waals surface area contributed by atoms with Crippen molar-refractivity contribution in [2.75, 3.05) is 0 Å². The van der Waals surface area contributed by atoms with Gasteiger partial charge in [-0.2, -0.15) is 0 Å². The fourth-order valence-electron chi connectivity index (χ4n) is 1.44. The smallest absolute Gasteiger partial charge is 0.326 e. The number of aliphatic carboxylic acids is 1. The predicted molar refractivity (Wildman–Crippen MR) is 70.4 cm³/mol. The zero-order chi connectivity index (χ0) is 14.6. The van der Waals surface area contributed by atoms with E-state index < -0.39 is 17.9 Å². The molecule has 0 fully saturated rings.